The van der Waals surface area contributed by atoms with Crippen LogP contribution in [0.25, 0.3) is 0 Å². The molecule has 0 heterocycles. The van der Waals surface area contributed by atoms with Crippen molar-refractivity contribution in [2.75, 3.05) is 12.4 Å². The van der Waals surface area contributed by atoms with Gasteiger partial charge in [-0.15, -0.1) is 0 Å². The van der Waals surface area contributed by atoms with E-state index in [1.807, 2.05) is 49.4 Å². The number of nitrogens with zero attached hydrogens (tertiary/aromatic N) is 1. The summed E-state index contributed by atoms with van der Waals surface area (Å²) in [5, 5.41) is 5.64. The number of benzene rings is 2. The van der Waals surface area contributed by atoms with Gasteiger partial charge in [-0.2, -0.15) is 0 Å². The number of nitrogens with one attached hydrogen (secondary N) is 2. The molecule has 0 aliphatic carbocycles. The number of nitrogens with two attached hydrogens (primary N) is 1. The number of anilines is 1. The molecule has 0 fully saturated rings. The molecule has 22 heavy (non-hydrogen) atoms. The van der Waals surface area contributed by atoms with Gasteiger partial charge in [0.15, 0.2) is 5.96 Å². The summed E-state index contributed by atoms with van der Waals surface area (Å²) < 4.78 is 0. The molecule has 0 aromatic heterocycles. The van der Waals surface area contributed by atoms with E-state index in [1.165, 1.54) is 5.56 Å². The Hall–Kier alpha value is -2.82. The van der Waals surface area contributed by atoms with Crippen molar-refractivity contribution in [1.82, 2.24) is 5.32 Å². The van der Waals surface area contributed by atoms with Crippen molar-refractivity contribution in [2.45, 2.75) is 13.5 Å². The molecule has 0 saturated carbocycles. The number of carbonyl (C=O) groups excluding carboxylic acids is 1. The number of guanidine groups is 1. The number of aliphatic imine (C=N–C) groups is 1. The van der Waals surface area contributed by atoms with E-state index in [9.17, 15) is 4.79 Å². The van der Waals surface area contributed by atoms with Gasteiger partial charge in [0, 0.05) is 18.3 Å². The Morgan fingerprint density at radius 1 is 1.18 bits per heavy atom. The predicted molar refractivity (Wildman–Crippen MR) is 90.0 cm³/mol. The number of aryl methyl sites for hydroxylation is 1. The number of carbonyl (C=O) groups is 1. The van der Waals surface area contributed by atoms with E-state index in [0.29, 0.717) is 18.1 Å². The Bertz CT molecular complexity index is 677. The van der Waals surface area contributed by atoms with Gasteiger partial charge in [-0.05, 0) is 36.8 Å². The predicted octanol–water partition coefficient (Wildman–Crippen LogP) is 2.28. The minimum atomic E-state index is -0.114. The second-order valence-corrected chi connectivity index (χ2v) is 4.97. The molecule has 114 valence electrons. The summed E-state index contributed by atoms with van der Waals surface area (Å²) in [5.74, 6) is 0.228. The second kappa shape index (κ2) is 7.26. The van der Waals surface area contributed by atoms with Gasteiger partial charge in [-0.1, -0.05) is 29.8 Å². The zero-order valence-electron chi connectivity index (χ0n) is 12.8. The number of amides is 1. The zero-order chi connectivity index (χ0) is 15.9. The topological polar surface area (TPSA) is 79.5 Å². The first-order valence-electron chi connectivity index (χ1n) is 7.03. The largest absolute Gasteiger partial charge is 0.370 e. The summed E-state index contributed by atoms with van der Waals surface area (Å²) in [5.41, 5.74) is 9.49. The highest BCUT2D eigenvalue weighted by atomic mass is 16.1. The highest BCUT2D eigenvalue weighted by Crippen LogP contribution is 2.09. The van der Waals surface area contributed by atoms with E-state index < -0.39 is 0 Å². The van der Waals surface area contributed by atoms with Crippen molar-refractivity contribution in [3.05, 3.63) is 65.2 Å². The van der Waals surface area contributed by atoms with Crippen LogP contribution in [0.4, 0.5) is 5.69 Å². The second-order valence-electron chi connectivity index (χ2n) is 4.97. The molecule has 5 nitrogen and oxygen atoms in total. The molecule has 0 bridgehead atoms. The lowest BCUT2D eigenvalue weighted by Crippen LogP contribution is -2.22. The van der Waals surface area contributed by atoms with Crippen LogP contribution in [0.3, 0.4) is 0 Å². The molecule has 0 radical (unpaired) electrons. The van der Waals surface area contributed by atoms with Crippen LogP contribution in [0.5, 0.6) is 0 Å². The smallest absolute Gasteiger partial charge is 0.251 e. The van der Waals surface area contributed by atoms with Crippen LogP contribution in [0.2, 0.25) is 0 Å². The Labute approximate surface area is 130 Å². The summed E-state index contributed by atoms with van der Waals surface area (Å²) in [6.07, 6.45) is 0. The third-order valence-electron chi connectivity index (χ3n) is 3.17. The van der Waals surface area contributed by atoms with Gasteiger partial charge in [0.25, 0.3) is 5.91 Å². The van der Waals surface area contributed by atoms with Crippen molar-refractivity contribution >= 4 is 17.6 Å². The number of hydrogen-bond donors (Lipinski definition) is 3. The fourth-order valence-corrected chi connectivity index (χ4v) is 1.96. The molecule has 0 unspecified atom stereocenters. The molecule has 0 aliphatic rings. The number of rotatable bonds is 4. The van der Waals surface area contributed by atoms with Gasteiger partial charge in [-0.3, -0.25) is 4.79 Å². The molecule has 0 aliphatic heterocycles. The van der Waals surface area contributed by atoms with Gasteiger partial charge < -0.3 is 16.4 Å². The first-order valence-corrected chi connectivity index (χ1v) is 7.03. The van der Waals surface area contributed by atoms with Crippen molar-refractivity contribution < 1.29 is 4.79 Å². The average molecular weight is 296 g/mol. The van der Waals surface area contributed by atoms with Gasteiger partial charge in [0.05, 0.1) is 6.54 Å². The molecule has 1 amide bonds. The summed E-state index contributed by atoms with van der Waals surface area (Å²) in [6, 6.07) is 15.2. The third-order valence-corrected chi connectivity index (χ3v) is 3.17. The van der Waals surface area contributed by atoms with Gasteiger partial charge >= 0.3 is 0 Å². The molecule has 0 spiro atoms. The van der Waals surface area contributed by atoms with E-state index in [2.05, 4.69) is 15.6 Å². The lowest BCUT2D eigenvalue weighted by Gasteiger charge is -2.06. The molecule has 5 heteroatoms. The van der Waals surface area contributed by atoms with E-state index >= 15 is 0 Å². The molecular formula is C17H20N4O. The van der Waals surface area contributed by atoms with Crippen LogP contribution in [0.15, 0.2) is 53.5 Å². The SMILES string of the molecule is CNC(=O)c1cccc(CN=C(N)Nc2ccc(C)cc2)c1. The molecule has 0 saturated heterocycles. The Morgan fingerprint density at radius 3 is 2.59 bits per heavy atom. The Morgan fingerprint density at radius 2 is 1.91 bits per heavy atom. The summed E-state index contributed by atoms with van der Waals surface area (Å²) >= 11 is 0. The van der Waals surface area contributed by atoms with Crippen LogP contribution in [-0.2, 0) is 6.54 Å². The minimum Gasteiger partial charge on any atom is -0.370 e. The van der Waals surface area contributed by atoms with Crippen LogP contribution in [-0.4, -0.2) is 18.9 Å². The van der Waals surface area contributed by atoms with Crippen molar-refractivity contribution in [3.8, 4) is 0 Å². The maximum atomic E-state index is 11.6. The monoisotopic (exact) mass is 296 g/mol. The summed E-state index contributed by atoms with van der Waals surface area (Å²) in [7, 11) is 1.61. The fourth-order valence-electron chi connectivity index (χ4n) is 1.96. The minimum absolute atomic E-state index is 0.114. The van der Waals surface area contributed by atoms with Crippen LogP contribution in [0.1, 0.15) is 21.5 Å². The Balaban J connectivity index is 2.01. The normalized spacial score (nSPS) is 11.1. The summed E-state index contributed by atoms with van der Waals surface area (Å²) in [6.45, 7) is 2.44. The Kier molecular flexibility index (Phi) is 5.14. The van der Waals surface area contributed by atoms with Crippen molar-refractivity contribution in [1.29, 1.82) is 0 Å². The first kappa shape index (κ1) is 15.6. The summed E-state index contributed by atoms with van der Waals surface area (Å²) in [4.78, 5) is 15.9. The number of hydrogen-bond acceptors (Lipinski definition) is 2. The maximum Gasteiger partial charge on any atom is 0.251 e. The van der Waals surface area contributed by atoms with Crippen LogP contribution < -0.4 is 16.4 Å². The van der Waals surface area contributed by atoms with Gasteiger partial charge in [0.1, 0.15) is 0 Å². The van der Waals surface area contributed by atoms with Crippen LogP contribution in [0, 0.1) is 6.92 Å². The molecule has 4 N–H and O–H groups in total. The molecule has 2 rings (SSSR count). The third kappa shape index (κ3) is 4.34. The molecule has 2 aromatic carbocycles. The highest BCUT2D eigenvalue weighted by molar-refractivity contribution is 5.94. The molecule has 2 aromatic rings. The quantitative estimate of drug-likeness (QED) is 0.598. The maximum absolute atomic E-state index is 11.6. The standard InChI is InChI=1S/C17H20N4O/c1-12-6-8-15(9-7-12)21-17(18)20-11-13-4-3-5-14(10-13)16(22)19-2/h3-10H,11H2,1-2H3,(H,19,22)(H3,18,20,21). The van der Waals surface area contributed by atoms with Gasteiger partial charge in [0.2, 0.25) is 0 Å². The van der Waals surface area contributed by atoms with E-state index in [1.54, 1.807) is 13.1 Å². The lowest BCUT2D eigenvalue weighted by molar-refractivity contribution is 0.0963. The highest BCUT2D eigenvalue weighted by Gasteiger charge is 2.03. The van der Waals surface area contributed by atoms with Gasteiger partial charge in [-0.25, -0.2) is 4.99 Å². The zero-order valence-corrected chi connectivity index (χ0v) is 12.8. The van der Waals surface area contributed by atoms with Crippen LogP contribution >= 0.6 is 0 Å². The van der Waals surface area contributed by atoms with E-state index in [4.69, 9.17) is 5.73 Å². The van der Waals surface area contributed by atoms with Crippen molar-refractivity contribution in [2.24, 2.45) is 10.7 Å². The molecular weight excluding hydrogens is 276 g/mol. The lowest BCUT2D eigenvalue weighted by atomic mass is 10.1. The van der Waals surface area contributed by atoms with E-state index in [0.717, 1.165) is 11.3 Å². The first-order chi connectivity index (χ1) is 10.6. The van der Waals surface area contributed by atoms with Crippen molar-refractivity contribution in [3.63, 3.8) is 0 Å². The molecule has 0 atom stereocenters. The van der Waals surface area contributed by atoms with E-state index in [-0.39, 0.29) is 5.91 Å². The average Bonchev–Trinajstić information content (AvgIpc) is 2.54. The fraction of sp³-hybridized carbons (Fsp3) is 0.176.